The molecule has 1 aliphatic rings. The quantitative estimate of drug-likeness (QED) is 0.429. The van der Waals surface area contributed by atoms with Crippen LogP contribution in [0.1, 0.15) is 12.5 Å². The van der Waals surface area contributed by atoms with E-state index in [1.54, 1.807) is 0 Å². The summed E-state index contributed by atoms with van der Waals surface area (Å²) >= 11 is 1.86. The van der Waals surface area contributed by atoms with Gasteiger partial charge in [-0.3, -0.25) is 0 Å². The second-order valence-corrected chi connectivity index (χ2v) is 4.41. The minimum Gasteiger partial charge on any atom is -0.362 e. The summed E-state index contributed by atoms with van der Waals surface area (Å²) in [5.74, 6) is 1.09. The molecule has 0 aromatic heterocycles. The Labute approximate surface area is 95.4 Å². The van der Waals surface area contributed by atoms with E-state index in [0.717, 1.165) is 12.4 Å². The van der Waals surface area contributed by atoms with Crippen LogP contribution in [0.4, 0.5) is 0 Å². The van der Waals surface area contributed by atoms with Crippen molar-refractivity contribution >= 4 is 11.8 Å². The SMILES string of the molecule is CC1(c2cc[c-]cc2)OCCS1.[Li+]. The van der Waals surface area contributed by atoms with E-state index in [1.807, 2.05) is 23.9 Å². The van der Waals surface area contributed by atoms with Crippen LogP contribution in [0.25, 0.3) is 0 Å². The van der Waals surface area contributed by atoms with Crippen molar-refractivity contribution in [3.8, 4) is 0 Å². The van der Waals surface area contributed by atoms with E-state index in [4.69, 9.17) is 4.74 Å². The third-order valence-corrected chi connectivity index (χ3v) is 3.36. The summed E-state index contributed by atoms with van der Waals surface area (Å²) in [6, 6.07) is 11.0. The van der Waals surface area contributed by atoms with Gasteiger partial charge in [0.1, 0.15) is 4.93 Å². The Hall–Kier alpha value is 0.127. The fourth-order valence-corrected chi connectivity index (χ4v) is 2.40. The first kappa shape index (κ1) is 11.2. The molecular formula is C10H11LiOS. The van der Waals surface area contributed by atoms with Crippen LogP contribution in [-0.4, -0.2) is 12.4 Å². The van der Waals surface area contributed by atoms with Crippen LogP contribution < -0.4 is 18.9 Å². The normalized spacial score (nSPS) is 26.8. The van der Waals surface area contributed by atoms with Crippen molar-refractivity contribution in [2.45, 2.75) is 11.9 Å². The average molecular weight is 186 g/mol. The van der Waals surface area contributed by atoms with Crippen molar-refractivity contribution in [2.75, 3.05) is 12.4 Å². The van der Waals surface area contributed by atoms with Gasteiger partial charge in [0.25, 0.3) is 0 Å². The average Bonchev–Trinajstić information content (AvgIpc) is 2.55. The molecule has 64 valence electrons. The van der Waals surface area contributed by atoms with Gasteiger partial charge in [0, 0.05) is 5.75 Å². The summed E-state index contributed by atoms with van der Waals surface area (Å²) in [6.45, 7) is 2.99. The molecule has 0 amide bonds. The first-order chi connectivity index (χ1) is 5.81. The molecule has 0 radical (unpaired) electrons. The van der Waals surface area contributed by atoms with Crippen LogP contribution in [-0.2, 0) is 9.67 Å². The molecule has 2 rings (SSSR count). The van der Waals surface area contributed by atoms with Crippen LogP contribution in [0.15, 0.2) is 24.3 Å². The number of rotatable bonds is 1. The Morgan fingerprint density at radius 2 is 2.15 bits per heavy atom. The minimum atomic E-state index is -0.116. The van der Waals surface area contributed by atoms with E-state index in [-0.39, 0.29) is 23.8 Å². The number of hydrogen-bond donors (Lipinski definition) is 0. The fourth-order valence-electron chi connectivity index (χ4n) is 1.37. The Morgan fingerprint density at radius 1 is 1.46 bits per heavy atom. The first-order valence-corrected chi connectivity index (χ1v) is 5.04. The van der Waals surface area contributed by atoms with E-state index in [9.17, 15) is 0 Å². The van der Waals surface area contributed by atoms with Crippen molar-refractivity contribution in [1.82, 2.24) is 0 Å². The van der Waals surface area contributed by atoms with Gasteiger partial charge in [-0.1, -0.05) is 0 Å². The van der Waals surface area contributed by atoms with Crippen molar-refractivity contribution in [1.29, 1.82) is 0 Å². The molecule has 0 aliphatic carbocycles. The summed E-state index contributed by atoms with van der Waals surface area (Å²) in [4.78, 5) is -0.116. The number of benzene rings is 1. The van der Waals surface area contributed by atoms with Gasteiger partial charge in [-0.25, -0.2) is 0 Å². The van der Waals surface area contributed by atoms with E-state index >= 15 is 0 Å². The molecule has 0 bridgehead atoms. The zero-order valence-corrected chi connectivity index (χ0v) is 8.86. The monoisotopic (exact) mass is 186 g/mol. The van der Waals surface area contributed by atoms with Gasteiger partial charge in [-0.15, -0.1) is 17.3 Å². The van der Waals surface area contributed by atoms with Gasteiger partial charge in [-0.2, -0.15) is 30.3 Å². The second-order valence-electron chi connectivity index (χ2n) is 2.93. The second kappa shape index (κ2) is 4.57. The zero-order valence-electron chi connectivity index (χ0n) is 8.04. The molecule has 1 atom stereocenters. The predicted octanol–water partition coefficient (Wildman–Crippen LogP) is -0.573. The van der Waals surface area contributed by atoms with E-state index in [0.29, 0.717) is 0 Å². The predicted molar refractivity (Wildman–Crippen MR) is 51.0 cm³/mol. The Kier molecular flexibility index (Phi) is 3.94. The molecule has 1 aromatic carbocycles. The van der Waals surface area contributed by atoms with Crippen molar-refractivity contribution < 1.29 is 23.6 Å². The molecule has 1 unspecified atom stereocenters. The molecule has 0 spiro atoms. The van der Waals surface area contributed by atoms with E-state index in [2.05, 4.69) is 25.1 Å². The summed E-state index contributed by atoms with van der Waals surface area (Å²) in [5.41, 5.74) is 1.24. The van der Waals surface area contributed by atoms with Crippen molar-refractivity contribution in [3.63, 3.8) is 0 Å². The Balaban J connectivity index is 0.000000845. The van der Waals surface area contributed by atoms with Crippen LogP contribution >= 0.6 is 11.8 Å². The molecule has 1 aliphatic heterocycles. The van der Waals surface area contributed by atoms with Gasteiger partial charge >= 0.3 is 18.9 Å². The molecule has 0 N–H and O–H groups in total. The number of thioether (sulfide) groups is 1. The smallest absolute Gasteiger partial charge is 0.362 e. The minimum absolute atomic E-state index is 0. The fraction of sp³-hybridized carbons (Fsp3) is 0.400. The van der Waals surface area contributed by atoms with Gasteiger partial charge in [0.2, 0.25) is 0 Å². The third kappa shape index (κ3) is 2.33. The molecule has 0 saturated carbocycles. The zero-order chi connectivity index (χ0) is 8.44. The van der Waals surface area contributed by atoms with Crippen LogP contribution in [0.5, 0.6) is 0 Å². The summed E-state index contributed by atoms with van der Waals surface area (Å²) in [7, 11) is 0. The van der Waals surface area contributed by atoms with E-state index < -0.39 is 0 Å². The van der Waals surface area contributed by atoms with E-state index in [1.165, 1.54) is 5.56 Å². The molecule has 13 heavy (non-hydrogen) atoms. The van der Waals surface area contributed by atoms with Gasteiger partial charge < -0.3 is 4.74 Å². The van der Waals surface area contributed by atoms with Gasteiger partial charge in [0.15, 0.2) is 0 Å². The summed E-state index contributed by atoms with van der Waals surface area (Å²) in [5, 5.41) is 0. The van der Waals surface area contributed by atoms with Crippen LogP contribution in [0.2, 0.25) is 0 Å². The Bertz CT molecular complexity index is 257. The van der Waals surface area contributed by atoms with Crippen LogP contribution in [0.3, 0.4) is 0 Å². The molecule has 1 saturated heterocycles. The molecule has 3 heteroatoms. The maximum Gasteiger partial charge on any atom is 1.00 e. The van der Waals surface area contributed by atoms with Crippen molar-refractivity contribution in [3.05, 3.63) is 35.9 Å². The van der Waals surface area contributed by atoms with Crippen LogP contribution in [0, 0.1) is 6.07 Å². The Morgan fingerprint density at radius 3 is 2.69 bits per heavy atom. The number of ether oxygens (including phenoxy) is 1. The molecule has 1 fully saturated rings. The largest absolute Gasteiger partial charge is 1.00 e. The summed E-state index contributed by atoms with van der Waals surface area (Å²) < 4.78 is 5.68. The molecule has 1 aromatic rings. The molecular weight excluding hydrogens is 175 g/mol. The summed E-state index contributed by atoms with van der Waals surface area (Å²) in [6.07, 6.45) is 0. The number of hydrogen-bond acceptors (Lipinski definition) is 2. The first-order valence-electron chi connectivity index (χ1n) is 4.06. The maximum absolute atomic E-state index is 5.68. The standard InChI is InChI=1S/C10H11OS.Li/c1-10(11-7-8-12-10)9-5-3-2-4-6-9;/h3-6H,7-8H2,1H3;/q-1;+1. The maximum atomic E-state index is 5.68. The van der Waals surface area contributed by atoms with Crippen molar-refractivity contribution in [2.24, 2.45) is 0 Å². The van der Waals surface area contributed by atoms with Gasteiger partial charge in [0.05, 0.1) is 6.61 Å². The third-order valence-electron chi connectivity index (χ3n) is 2.08. The molecule has 1 heterocycles. The topological polar surface area (TPSA) is 9.23 Å². The molecule has 1 nitrogen and oxygen atoms in total. The van der Waals surface area contributed by atoms with Gasteiger partial charge in [-0.05, 0) is 6.92 Å².